The van der Waals surface area contributed by atoms with E-state index in [1.165, 1.54) is 97.2 Å². The van der Waals surface area contributed by atoms with E-state index in [0.29, 0.717) is 0 Å². The van der Waals surface area contributed by atoms with Gasteiger partial charge in [0, 0.05) is 197 Å². The first-order valence-corrected chi connectivity index (χ1v) is 48.0. The highest BCUT2D eigenvalue weighted by atomic mass is 32.1. The van der Waals surface area contributed by atoms with Crippen molar-refractivity contribution in [3.63, 3.8) is 0 Å². The highest BCUT2D eigenvalue weighted by Crippen LogP contribution is 2.46. The molecule has 0 radical (unpaired) electrons. The van der Waals surface area contributed by atoms with Gasteiger partial charge in [0.15, 0.2) is 0 Å². The summed E-state index contributed by atoms with van der Waals surface area (Å²) >= 11 is 1.85. The van der Waals surface area contributed by atoms with Gasteiger partial charge in [0.05, 0.1) is 67.6 Å². The second-order valence-electron chi connectivity index (χ2n) is 36.2. The molecule has 658 valence electrons. The number of nitrogens with zero attached hydrogens (tertiary/aromatic N) is 11. The number of thiophene rings is 1. The Morgan fingerprint density at radius 1 is 0.149 bits per heavy atom. The summed E-state index contributed by atoms with van der Waals surface area (Å²) in [7, 11) is 0. The van der Waals surface area contributed by atoms with E-state index in [1.807, 2.05) is 85.7 Å². The van der Waals surface area contributed by atoms with Gasteiger partial charge in [0.25, 0.3) is 0 Å². The molecule has 15 heteroatoms. The fourth-order valence-corrected chi connectivity index (χ4v) is 23.0. The highest BCUT2D eigenvalue weighted by molar-refractivity contribution is 7.25. The van der Waals surface area contributed by atoms with Crippen molar-refractivity contribution < 1.29 is 13.3 Å². The average Bonchev–Trinajstić information content (AvgIpc) is 1.53. The molecule has 0 aliphatic rings. The molecule has 0 bridgehead atoms. The minimum Gasteiger partial charge on any atom is -0.456 e. The van der Waals surface area contributed by atoms with E-state index in [9.17, 15) is 0 Å². The molecular weight excluding hydrogens is 1750 g/mol. The largest absolute Gasteiger partial charge is 0.456 e. The van der Waals surface area contributed by atoms with Crippen LogP contribution in [0.25, 0.3) is 279 Å². The molecule has 15 aromatic heterocycles. The molecule has 31 rings (SSSR count). The van der Waals surface area contributed by atoms with Crippen LogP contribution < -0.4 is 0 Å². The molecule has 0 atom stereocenters. The standard InChI is InChI=1S/C46H28N4O.C40H24N4O.C40H23N3OS/c1-3-13-41-35(11-1)36-12-2-4-14-42(36)49(41)33-10-6-9-31(24-33)29-7-5-8-30(23-29)32-15-17-45-39(25-32)40-26-34(16-18-46(40)51-45)50-43-27-47-21-19-37(43)38-20-22-48-28-44(38)50;1-3-10-35-29(8-1)30-9-2-4-11-36(30)43(35)27-7-5-6-25(20-27)26-12-14-39-31(21-26)32-22-28(13-15-40(32)45-39)44-37-16-18-41-23-33(37)34-24-42-19-17-38(34)44;1-2-4-24(5-3-1)25-7-12-39-31(19-25)32-20-27(8-13-40(32)45-39)26-6-10-37-29(18-26)30-21-28(9-11-38(30)44-37)43-35-14-16-41-22-33(35)34-23-42-17-15-36(34)43/h1-28H;1-24H;1-23H. The van der Waals surface area contributed by atoms with Crippen LogP contribution in [0.3, 0.4) is 0 Å². The second kappa shape index (κ2) is 31.8. The molecule has 0 unspecified atom stereocenters. The van der Waals surface area contributed by atoms with Crippen LogP contribution in [0.4, 0.5) is 0 Å². The summed E-state index contributed by atoms with van der Waals surface area (Å²) in [5, 5.41) is 20.8. The summed E-state index contributed by atoms with van der Waals surface area (Å²) in [6, 6.07) is 137. The van der Waals surface area contributed by atoms with Crippen LogP contribution in [0.15, 0.2) is 470 Å². The number of pyridine rings is 6. The van der Waals surface area contributed by atoms with Gasteiger partial charge < -0.3 is 36.1 Å². The first-order valence-electron chi connectivity index (χ1n) is 47.1. The molecule has 0 aliphatic carbocycles. The Balaban J connectivity index is 0.000000102. The van der Waals surface area contributed by atoms with Crippen LogP contribution in [-0.4, -0.2) is 52.7 Å². The molecular formula is C126H75N11O3S. The zero-order chi connectivity index (χ0) is 92.4. The maximum Gasteiger partial charge on any atom is 0.135 e. The fourth-order valence-electron chi connectivity index (χ4n) is 21.9. The molecule has 14 nitrogen and oxygen atoms in total. The Hall–Kier alpha value is -19.0. The van der Waals surface area contributed by atoms with Crippen molar-refractivity contribution in [1.82, 2.24) is 52.7 Å². The summed E-state index contributed by atoms with van der Waals surface area (Å²) in [6.07, 6.45) is 22.6. The van der Waals surface area contributed by atoms with Gasteiger partial charge in [-0.2, -0.15) is 0 Å². The van der Waals surface area contributed by atoms with Crippen molar-refractivity contribution in [2.75, 3.05) is 0 Å². The van der Waals surface area contributed by atoms with E-state index in [1.54, 1.807) is 0 Å². The van der Waals surface area contributed by atoms with Gasteiger partial charge in [-0.1, -0.05) is 176 Å². The van der Waals surface area contributed by atoms with E-state index in [2.05, 4.69) is 435 Å². The van der Waals surface area contributed by atoms with Crippen LogP contribution in [0.5, 0.6) is 0 Å². The Morgan fingerprint density at radius 3 is 0.766 bits per heavy atom. The lowest BCUT2D eigenvalue weighted by atomic mass is 9.97. The predicted molar refractivity (Wildman–Crippen MR) is 580 cm³/mol. The first-order chi connectivity index (χ1) is 69.9. The highest BCUT2D eigenvalue weighted by Gasteiger charge is 2.24. The van der Waals surface area contributed by atoms with Gasteiger partial charge in [-0.05, 0) is 262 Å². The minimum absolute atomic E-state index is 0.860. The van der Waals surface area contributed by atoms with Gasteiger partial charge in [0.1, 0.15) is 33.5 Å². The third-order valence-electron chi connectivity index (χ3n) is 28.4. The lowest BCUT2D eigenvalue weighted by Gasteiger charge is -2.11. The van der Waals surface area contributed by atoms with Crippen LogP contribution in [0, 0.1) is 0 Å². The van der Waals surface area contributed by atoms with E-state index in [-0.39, 0.29) is 0 Å². The third kappa shape index (κ3) is 12.9. The fraction of sp³-hybridized carbons (Fsp3) is 0. The molecule has 0 amide bonds. The minimum atomic E-state index is 0.860. The van der Waals surface area contributed by atoms with Gasteiger partial charge in [0.2, 0.25) is 0 Å². The monoisotopic (exact) mass is 1820 g/mol. The molecule has 0 fully saturated rings. The molecule has 31 aromatic rings. The molecule has 0 aliphatic heterocycles. The van der Waals surface area contributed by atoms with Crippen LogP contribution in [0.1, 0.15) is 0 Å². The van der Waals surface area contributed by atoms with Crippen molar-refractivity contribution in [3.8, 4) is 84.1 Å². The number of benzene rings is 16. The summed E-state index contributed by atoms with van der Waals surface area (Å²) in [6.45, 7) is 0. The first kappa shape index (κ1) is 79.4. The smallest absolute Gasteiger partial charge is 0.135 e. The number of hydrogen-bond donors (Lipinski definition) is 0. The van der Waals surface area contributed by atoms with Crippen molar-refractivity contribution in [2.24, 2.45) is 0 Å². The molecule has 0 saturated carbocycles. The number of para-hydroxylation sites is 4. The number of fused-ring (bicyclic) bond motifs is 27. The maximum atomic E-state index is 6.36. The zero-order valence-corrected chi connectivity index (χ0v) is 76.2. The molecule has 141 heavy (non-hydrogen) atoms. The Morgan fingerprint density at radius 2 is 0.397 bits per heavy atom. The van der Waals surface area contributed by atoms with E-state index < -0.39 is 0 Å². The molecule has 0 spiro atoms. The van der Waals surface area contributed by atoms with Crippen molar-refractivity contribution >= 4 is 206 Å². The summed E-state index contributed by atoms with van der Waals surface area (Å²) in [4.78, 5) is 26.4. The second-order valence-corrected chi connectivity index (χ2v) is 37.2. The van der Waals surface area contributed by atoms with Gasteiger partial charge in [-0.3, -0.25) is 29.9 Å². The number of rotatable bonds is 10. The van der Waals surface area contributed by atoms with E-state index >= 15 is 0 Å². The van der Waals surface area contributed by atoms with Crippen LogP contribution in [0.2, 0.25) is 0 Å². The van der Waals surface area contributed by atoms with E-state index in [4.69, 9.17) is 13.3 Å². The van der Waals surface area contributed by atoms with Crippen molar-refractivity contribution in [3.05, 3.63) is 457 Å². The van der Waals surface area contributed by atoms with Gasteiger partial charge in [-0.25, -0.2) is 0 Å². The Kier molecular flexibility index (Phi) is 17.9. The van der Waals surface area contributed by atoms with Crippen molar-refractivity contribution in [1.29, 1.82) is 0 Å². The summed E-state index contributed by atoms with van der Waals surface area (Å²) in [5.74, 6) is 0. The van der Waals surface area contributed by atoms with Crippen LogP contribution in [-0.2, 0) is 0 Å². The topological polar surface area (TPSA) is 141 Å². The van der Waals surface area contributed by atoms with Crippen molar-refractivity contribution in [2.45, 2.75) is 0 Å². The molecule has 0 saturated heterocycles. The predicted octanol–water partition coefficient (Wildman–Crippen LogP) is 33.3. The van der Waals surface area contributed by atoms with Crippen LogP contribution >= 0.6 is 11.3 Å². The average molecular weight is 1820 g/mol. The van der Waals surface area contributed by atoms with E-state index in [0.717, 1.165) is 182 Å². The Bertz CT molecular complexity index is 10300. The number of aromatic nitrogens is 11. The quantitative estimate of drug-likeness (QED) is 0.131. The normalized spacial score (nSPS) is 12.0. The SMILES string of the molecule is c1cc(-c2ccc3oc4ccc(-n5c6ccncc6c6cnccc65)cc4c3c2)cc(-n2c3ccccc3c3ccccc32)c1.c1cc(-c2cccc(-n3c4ccccc4c4ccccc43)c2)cc(-c2ccc3oc4ccc(-n5c6cnccc6c6ccncc65)cc4c3c2)c1.c1ccc(-c2ccc3sc4ccc(-c5ccc6oc7ccc(-n8c9ccncc9c9cnccc98)cc7c6c5)cc4c3c2)cc1. The number of hydrogen-bond acceptors (Lipinski definition) is 10. The molecule has 15 heterocycles. The summed E-state index contributed by atoms with van der Waals surface area (Å²) < 4.78 is 33.2. The third-order valence-corrected chi connectivity index (χ3v) is 29.5. The van der Waals surface area contributed by atoms with Gasteiger partial charge >= 0.3 is 0 Å². The molecule has 16 aromatic carbocycles. The summed E-state index contributed by atoms with van der Waals surface area (Å²) in [5.41, 5.74) is 33.8. The Labute approximate surface area is 807 Å². The maximum absolute atomic E-state index is 6.36. The number of furan rings is 3. The lowest BCUT2D eigenvalue weighted by molar-refractivity contribution is 0.668. The van der Waals surface area contributed by atoms with Gasteiger partial charge in [-0.15, -0.1) is 11.3 Å². The molecule has 0 N–H and O–H groups in total. The lowest BCUT2D eigenvalue weighted by Crippen LogP contribution is -1.94. The zero-order valence-electron chi connectivity index (χ0n) is 75.4.